The Balaban J connectivity index is 0.00000312. The smallest absolute Gasteiger partial charge is 0.239 e. The summed E-state index contributed by atoms with van der Waals surface area (Å²) in [5.74, 6) is -0.411. The van der Waals surface area contributed by atoms with E-state index in [1.807, 2.05) is 6.92 Å². The summed E-state index contributed by atoms with van der Waals surface area (Å²) in [5, 5.41) is 2.98. The number of halogens is 2. The van der Waals surface area contributed by atoms with E-state index in [1.54, 1.807) is 19.1 Å². The highest BCUT2D eigenvalue weighted by Crippen LogP contribution is 2.22. The average Bonchev–Trinajstić information content (AvgIpc) is 2.57. The number of hydrogen-bond acceptors (Lipinski definition) is 4. The van der Waals surface area contributed by atoms with Crippen LogP contribution in [0.3, 0.4) is 0 Å². The standard InChI is InChI=1S/C18H28FN3O2.ClH/c1-3-8-18(2,20)17(23)21-13-16(22-9-11-24-12-10-22)14-4-6-15(19)7-5-14;/h4-7,16H,3,8-13,20H2,1-2H3,(H,21,23);1H. The fraction of sp³-hybridized carbons (Fsp3) is 0.611. The molecule has 142 valence electrons. The molecule has 0 spiro atoms. The van der Waals surface area contributed by atoms with E-state index in [1.165, 1.54) is 12.1 Å². The van der Waals surface area contributed by atoms with Gasteiger partial charge in [-0.25, -0.2) is 4.39 Å². The first kappa shape index (κ1) is 21.8. The highest BCUT2D eigenvalue weighted by Gasteiger charge is 2.29. The van der Waals surface area contributed by atoms with Crippen LogP contribution in [-0.2, 0) is 9.53 Å². The largest absolute Gasteiger partial charge is 0.379 e. The Morgan fingerprint density at radius 3 is 2.52 bits per heavy atom. The van der Waals surface area contributed by atoms with Gasteiger partial charge in [-0.1, -0.05) is 25.5 Å². The van der Waals surface area contributed by atoms with Gasteiger partial charge in [-0.15, -0.1) is 12.4 Å². The predicted octanol–water partition coefficient (Wildman–Crippen LogP) is 2.25. The fourth-order valence-electron chi connectivity index (χ4n) is 3.06. The van der Waals surface area contributed by atoms with Crippen LogP contribution in [0.4, 0.5) is 4.39 Å². The van der Waals surface area contributed by atoms with Gasteiger partial charge in [-0.05, 0) is 31.0 Å². The second kappa shape index (κ2) is 10.1. The minimum absolute atomic E-state index is 0. The summed E-state index contributed by atoms with van der Waals surface area (Å²) in [4.78, 5) is 14.6. The van der Waals surface area contributed by atoms with Gasteiger partial charge in [-0.2, -0.15) is 0 Å². The van der Waals surface area contributed by atoms with E-state index in [4.69, 9.17) is 10.5 Å². The molecule has 1 aliphatic rings. The lowest BCUT2D eigenvalue weighted by atomic mass is 9.96. The van der Waals surface area contributed by atoms with E-state index in [-0.39, 0.29) is 30.2 Å². The molecule has 1 saturated heterocycles. The third-order valence-electron chi connectivity index (χ3n) is 4.49. The number of ether oxygens (including phenoxy) is 1. The summed E-state index contributed by atoms with van der Waals surface area (Å²) >= 11 is 0. The Hall–Kier alpha value is -1.21. The molecule has 2 unspecified atom stereocenters. The molecule has 7 heteroatoms. The lowest BCUT2D eigenvalue weighted by molar-refractivity contribution is -0.126. The van der Waals surface area contributed by atoms with Gasteiger partial charge in [-0.3, -0.25) is 9.69 Å². The van der Waals surface area contributed by atoms with E-state index < -0.39 is 5.54 Å². The summed E-state index contributed by atoms with van der Waals surface area (Å²) in [7, 11) is 0. The van der Waals surface area contributed by atoms with Gasteiger partial charge in [0.15, 0.2) is 0 Å². The molecular formula is C18H29ClFN3O2. The Bertz CT molecular complexity index is 534. The molecule has 25 heavy (non-hydrogen) atoms. The van der Waals surface area contributed by atoms with Crippen molar-refractivity contribution in [1.82, 2.24) is 10.2 Å². The molecule has 2 rings (SSSR count). The third kappa shape index (κ3) is 6.22. The van der Waals surface area contributed by atoms with Crippen LogP contribution in [-0.4, -0.2) is 49.2 Å². The Morgan fingerprint density at radius 1 is 1.36 bits per heavy atom. The minimum Gasteiger partial charge on any atom is -0.379 e. The first-order valence-corrected chi connectivity index (χ1v) is 8.58. The zero-order valence-corrected chi connectivity index (χ0v) is 15.8. The summed E-state index contributed by atoms with van der Waals surface area (Å²) in [6.07, 6.45) is 1.49. The maximum atomic E-state index is 13.2. The zero-order valence-electron chi connectivity index (χ0n) is 15.0. The van der Waals surface area contributed by atoms with E-state index in [2.05, 4.69) is 10.2 Å². The number of morpholine rings is 1. The second-order valence-corrected chi connectivity index (χ2v) is 6.59. The highest BCUT2D eigenvalue weighted by molar-refractivity contribution is 5.85. The lowest BCUT2D eigenvalue weighted by Crippen LogP contribution is -2.53. The zero-order chi connectivity index (χ0) is 17.6. The summed E-state index contributed by atoms with van der Waals surface area (Å²) in [6, 6.07) is 6.43. The fourth-order valence-corrected chi connectivity index (χ4v) is 3.06. The van der Waals surface area contributed by atoms with Crippen molar-refractivity contribution in [1.29, 1.82) is 0 Å². The van der Waals surface area contributed by atoms with Gasteiger partial charge in [0, 0.05) is 19.6 Å². The van der Waals surface area contributed by atoms with Crippen molar-refractivity contribution >= 4 is 18.3 Å². The molecule has 0 radical (unpaired) electrons. The summed E-state index contributed by atoms with van der Waals surface area (Å²) in [6.45, 7) is 7.10. The van der Waals surface area contributed by atoms with Crippen LogP contribution >= 0.6 is 12.4 Å². The number of benzene rings is 1. The number of nitrogens with one attached hydrogen (secondary N) is 1. The van der Waals surface area contributed by atoms with E-state index in [0.717, 1.165) is 25.1 Å². The van der Waals surface area contributed by atoms with Gasteiger partial charge in [0.05, 0.1) is 24.8 Å². The van der Waals surface area contributed by atoms with Crippen molar-refractivity contribution in [2.45, 2.75) is 38.3 Å². The number of hydrogen-bond donors (Lipinski definition) is 2. The van der Waals surface area contributed by atoms with E-state index in [0.29, 0.717) is 26.2 Å². The molecule has 5 nitrogen and oxygen atoms in total. The van der Waals surface area contributed by atoms with Gasteiger partial charge in [0.25, 0.3) is 0 Å². The van der Waals surface area contributed by atoms with E-state index in [9.17, 15) is 9.18 Å². The van der Waals surface area contributed by atoms with Gasteiger partial charge in [0.2, 0.25) is 5.91 Å². The molecule has 1 aromatic rings. The maximum absolute atomic E-state index is 13.2. The minimum atomic E-state index is -0.868. The first-order chi connectivity index (χ1) is 11.4. The van der Waals surface area contributed by atoms with Crippen LogP contribution in [0.5, 0.6) is 0 Å². The van der Waals surface area contributed by atoms with Crippen LogP contribution in [0.25, 0.3) is 0 Å². The Kier molecular flexibility index (Phi) is 8.79. The molecule has 0 aromatic heterocycles. The second-order valence-electron chi connectivity index (χ2n) is 6.59. The van der Waals surface area contributed by atoms with Crippen molar-refractivity contribution in [3.05, 3.63) is 35.6 Å². The normalized spacial score (nSPS) is 18.7. The topological polar surface area (TPSA) is 67.6 Å². The molecule has 1 heterocycles. The van der Waals surface area contributed by atoms with Gasteiger partial charge >= 0.3 is 0 Å². The number of amides is 1. The van der Waals surface area contributed by atoms with Gasteiger partial charge in [0.1, 0.15) is 5.82 Å². The highest BCUT2D eigenvalue weighted by atomic mass is 35.5. The molecule has 1 amide bonds. The average molecular weight is 374 g/mol. The molecule has 0 bridgehead atoms. The number of rotatable bonds is 7. The van der Waals surface area contributed by atoms with Crippen molar-refractivity contribution in [3.63, 3.8) is 0 Å². The maximum Gasteiger partial charge on any atom is 0.239 e. The summed E-state index contributed by atoms with van der Waals surface area (Å²) < 4.78 is 18.6. The molecular weight excluding hydrogens is 345 g/mol. The predicted molar refractivity (Wildman–Crippen MR) is 99.3 cm³/mol. The van der Waals surface area contributed by atoms with Crippen LogP contribution in [0.1, 0.15) is 38.3 Å². The summed E-state index contributed by atoms with van der Waals surface area (Å²) in [5.41, 5.74) is 6.21. The number of nitrogens with zero attached hydrogens (tertiary/aromatic N) is 1. The van der Waals surface area contributed by atoms with E-state index >= 15 is 0 Å². The molecule has 3 N–H and O–H groups in total. The van der Waals surface area contributed by atoms with Crippen molar-refractivity contribution in [2.75, 3.05) is 32.8 Å². The molecule has 1 aromatic carbocycles. The third-order valence-corrected chi connectivity index (χ3v) is 4.49. The quantitative estimate of drug-likeness (QED) is 0.769. The molecule has 0 saturated carbocycles. The Morgan fingerprint density at radius 2 is 1.96 bits per heavy atom. The molecule has 0 aliphatic carbocycles. The van der Waals surface area contributed by atoms with Crippen LogP contribution in [0.2, 0.25) is 0 Å². The number of carbonyl (C=O) groups is 1. The lowest BCUT2D eigenvalue weighted by Gasteiger charge is -2.35. The Labute approximate surface area is 155 Å². The van der Waals surface area contributed by atoms with Crippen LogP contribution < -0.4 is 11.1 Å². The SMILES string of the molecule is CCCC(C)(N)C(=O)NCC(c1ccc(F)cc1)N1CCOCC1.Cl. The molecule has 2 atom stereocenters. The van der Waals surface area contributed by atoms with Crippen LogP contribution in [0.15, 0.2) is 24.3 Å². The van der Waals surface area contributed by atoms with Crippen LogP contribution in [0, 0.1) is 5.82 Å². The first-order valence-electron chi connectivity index (χ1n) is 8.58. The number of carbonyl (C=O) groups excluding carboxylic acids is 1. The van der Waals surface area contributed by atoms with Gasteiger partial charge < -0.3 is 15.8 Å². The van der Waals surface area contributed by atoms with Crippen molar-refractivity contribution in [2.24, 2.45) is 5.73 Å². The monoisotopic (exact) mass is 373 g/mol. The number of nitrogens with two attached hydrogens (primary N) is 1. The van der Waals surface area contributed by atoms with Crippen molar-refractivity contribution < 1.29 is 13.9 Å². The molecule has 1 aliphatic heterocycles. The molecule has 1 fully saturated rings. The van der Waals surface area contributed by atoms with Crippen molar-refractivity contribution in [3.8, 4) is 0 Å².